The summed E-state index contributed by atoms with van der Waals surface area (Å²) in [4.78, 5) is 18.2. The van der Waals surface area contributed by atoms with Crippen LogP contribution in [0.15, 0.2) is 35.3 Å². The van der Waals surface area contributed by atoms with Crippen molar-refractivity contribution in [2.24, 2.45) is 0 Å². The number of fused-ring (bicyclic) bond motifs is 1. The largest absolute Gasteiger partial charge is 0.348 e. The van der Waals surface area contributed by atoms with Gasteiger partial charge in [-0.15, -0.1) is 0 Å². The number of hydrogen-bond donors (Lipinski definition) is 2. The van der Waals surface area contributed by atoms with E-state index < -0.39 is 0 Å². The maximum absolute atomic E-state index is 12.8. The van der Waals surface area contributed by atoms with Crippen molar-refractivity contribution in [3.05, 3.63) is 62.7 Å². The monoisotopic (exact) mass is 276 g/mol. The Labute approximate surface area is 111 Å². The van der Waals surface area contributed by atoms with E-state index in [0.29, 0.717) is 12.1 Å². The molecule has 0 aliphatic heterocycles. The van der Waals surface area contributed by atoms with Crippen LogP contribution in [0.4, 0.5) is 4.39 Å². The predicted molar refractivity (Wildman–Crippen MR) is 70.2 cm³/mol. The van der Waals surface area contributed by atoms with Gasteiger partial charge in [-0.25, -0.2) is 14.2 Å². The quantitative estimate of drug-likeness (QED) is 0.702. The van der Waals surface area contributed by atoms with Gasteiger partial charge in [0.1, 0.15) is 5.82 Å². The molecule has 0 bridgehead atoms. The van der Waals surface area contributed by atoms with E-state index in [0.717, 1.165) is 11.1 Å². The Hall–Kier alpha value is -2.28. The average Bonchev–Trinajstić information content (AvgIpc) is 2.76. The molecule has 5 nitrogen and oxygen atoms in total. The van der Waals surface area contributed by atoms with Crippen molar-refractivity contribution in [2.45, 2.75) is 6.42 Å². The summed E-state index contributed by atoms with van der Waals surface area (Å²) in [7, 11) is 0. The van der Waals surface area contributed by atoms with Crippen molar-refractivity contribution >= 4 is 17.9 Å². The van der Waals surface area contributed by atoms with Gasteiger partial charge < -0.3 is 0 Å². The second kappa shape index (κ2) is 4.43. The molecule has 0 aliphatic rings. The Kier molecular flexibility index (Phi) is 2.75. The highest BCUT2D eigenvalue weighted by Crippen LogP contribution is 2.13. The van der Waals surface area contributed by atoms with Crippen LogP contribution >= 0.6 is 12.2 Å². The zero-order chi connectivity index (χ0) is 13.4. The number of aromatic amines is 2. The second-order valence-electron chi connectivity index (χ2n) is 4.11. The number of halogens is 1. The van der Waals surface area contributed by atoms with E-state index in [1.165, 1.54) is 16.6 Å². The van der Waals surface area contributed by atoms with Crippen LogP contribution in [0.25, 0.3) is 5.65 Å². The van der Waals surface area contributed by atoms with Crippen molar-refractivity contribution in [3.63, 3.8) is 0 Å². The summed E-state index contributed by atoms with van der Waals surface area (Å²) < 4.78 is 14.3. The highest BCUT2D eigenvalue weighted by atomic mass is 32.1. The van der Waals surface area contributed by atoms with E-state index in [9.17, 15) is 9.18 Å². The molecule has 0 unspecified atom stereocenters. The van der Waals surface area contributed by atoms with Gasteiger partial charge in [0.2, 0.25) is 4.77 Å². The Bertz CT molecular complexity index is 847. The van der Waals surface area contributed by atoms with Crippen LogP contribution in [0.2, 0.25) is 0 Å². The van der Waals surface area contributed by atoms with Gasteiger partial charge in [0, 0.05) is 18.2 Å². The first-order valence-corrected chi connectivity index (χ1v) is 5.98. The van der Waals surface area contributed by atoms with Crippen LogP contribution in [0, 0.1) is 10.6 Å². The summed E-state index contributed by atoms with van der Waals surface area (Å²) in [6.45, 7) is 0. The van der Waals surface area contributed by atoms with Crippen molar-refractivity contribution in [2.75, 3.05) is 0 Å². The smallest absolute Gasteiger partial charge is 0.295 e. The van der Waals surface area contributed by atoms with Gasteiger partial charge in [0.05, 0.1) is 0 Å². The van der Waals surface area contributed by atoms with Crippen LogP contribution in [0.5, 0.6) is 0 Å². The lowest BCUT2D eigenvalue weighted by Crippen LogP contribution is -2.18. The van der Waals surface area contributed by atoms with Gasteiger partial charge in [-0.1, -0.05) is 12.1 Å². The molecule has 0 fully saturated rings. The summed E-state index contributed by atoms with van der Waals surface area (Å²) in [6, 6.07) is 6.19. The lowest BCUT2D eigenvalue weighted by atomic mass is 10.1. The lowest BCUT2D eigenvalue weighted by molar-refractivity contribution is 0.627. The van der Waals surface area contributed by atoms with Crippen molar-refractivity contribution < 1.29 is 4.39 Å². The standard InChI is InChI=1S/C12H9FN4OS/c13-9-3-1-7(2-4-9)5-8-6-14-17-10(8)15-11(19)16-12(17)18/h1-4,6,14H,5H2,(H,16,18,19). The fraction of sp³-hybridized carbons (Fsp3) is 0.0833. The number of rotatable bonds is 2. The molecule has 2 heterocycles. The zero-order valence-electron chi connectivity index (χ0n) is 9.68. The minimum absolute atomic E-state index is 0.143. The molecular formula is C12H9FN4OS. The van der Waals surface area contributed by atoms with E-state index >= 15 is 0 Å². The van der Waals surface area contributed by atoms with Crippen molar-refractivity contribution in [3.8, 4) is 0 Å². The summed E-state index contributed by atoms with van der Waals surface area (Å²) in [6.07, 6.45) is 2.23. The lowest BCUT2D eigenvalue weighted by Gasteiger charge is -1.99. The van der Waals surface area contributed by atoms with E-state index in [4.69, 9.17) is 12.2 Å². The van der Waals surface area contributed by atoms with Crippen LogP contribution < -0.4 is 5.69 Å². The summed E-state index contributed by atoms with van der Waals surface area (Å²) in [5.41, 5.74) is 1.87. The molecule has 7 heteroatoms. The van der Waals surface area contributed by atoms with Gasteiger partial charge in [-0.05, 0) is 29.9 Å². The molecule has 19 heavy (non-hydrogen) atoms. The molecule has 3 aromatic rings. The molecule has 2 N–H and O–H groups in total. The number of nitrogens with one attached hydrogen (secondary N) is 2. The maximum atomic E-state index is 12.8. The predicted octanol–water partition coefficient (Wildman–Crippen LogP) is 1.81. The molecule has 0 radical (unpaired) electrons. The van der Waals surface area contributed by atoms with E-state index in [-0.39, 0.29) is 16.3 Å². The highest BCUT2D eigenvalue weighted by molar-refractivity contribution is 7.71. The SMILES string of the molecule is O=c1[nH]c(=S)nc2c(Cc3ccc(F)cc3)c[nH]n12. The van der Waals surface area contributed by atoms with Crippen LogP contribution in [-0.4, -0.2) is 19.6 Å². The van der Waals surface area contributed by atoms with Gasteiger partial charge in [-0.3, -0.25) is 10.1 Å². The molecule has 0 atom stereocenters. The third-order valence-corrected chi connectivity index (χ3v) is 2.99. The van der Waals surface area contributed by atoms with Crippen molar-refractivity contribution in [1.82, 2.24) is 19.6 Å². The van der Waals surface area contributed by atoms with Crippen molar-refractivity contribution in [1.29, 1.82) is 0 Å². The first-order valence-electron chi connectivity index (χ1n) is 5.57. The molecule has 96 valence electrons. The summed E-state index contributed by atoms with van der Waals surface area (Å²) in [5.74, 6) is -0.278. The minimum atomic E-state index is -0.361. The van der Waals surface area contributed by atoms with Gasteiger partial charge in [0.25, 0.3) is 0 Å². The number of aromatic nitrogens is 4. The Morgan fingerprint density at radius 2 is 2.05 bits per heavy atom. The maximum Gasteiger partial charge on any atom is 0.348 e. The molecule has 1 aromatic carbocycles. The Morgan fingerprint density at radius 3 is 2.79 bits per heavy atom. The van der Waals surface area contributed by atoms with Crippen LogP contribution in [0.1, 0.15) is 11.1 Å². The number of benzene rings is 1. The third kappa shape index (κ3) is 2.19. The Morgan fingerprint density at radius 1 is 1.32 bits per heavy atom. The normalized spacial score (nSPS) is 11.0. The van der Waals surface area contributed by atoms with Gasteiger partial charge in [-0.2, -0.15) is 4.52 Å². The molecule has 2 aromatic heterocycles. The van der Waals surface area contributed by atoms with Crippen LogP contribution in [-0.2, 0) is 6.42 Å². The van der Waals surface area contributed by atoms with E-state index in [1.807, 2.05) is 0 Å². The average molecular weight is 276 g/mol. The first kappa shape index (κ1) is 11.8. The molecule has 0 spiro atoms. The van der Waals surface area contributed by atoms with Gasteiger partial charge >= 0.3 is 5.69 Å². The Balaban J connectivity index is 2.08. The summed E-state index contributed by atoms with van der Waals surface area (Å²) >= 11 is 4.89. The molecule has 0 aliphatic carbocycles. The third-order valence-electron chi connectivity index (χ3n) is 2.80. The number of nitrogens with zero attached hydrogens (tertiary/aromatic N) is 2. The molecule has 0 saturated heterocycles. The summed E-state index contributed by atoms with van der Waals surface area (Å²) in [5, 5.41) is 2.81. The molecular weight excluding hydrogens is 267 g/mol. The fourth-order valence-electron chi connectivity index (χ4n) is 1.91. The minimum Gasteiger partial charge on any atom is -0.295 e. The molecule has 0 saturated carbocycles. The highest BCUT2D eigenvalue weighted by Gasteiger charge is 2.08. The zero-order valence-corrected chi connectivity index (χ0v) is 10.5. The molecule has 0 amide bonds. The number of H-pyrrole nitrogens is 2. The molecule has 3 rings (SSSR count). The van der Waals surface area contributed by atoms with Crippen LogP contribution in [0.3, 0.4) is 0 Å². The van der Waals surface area contributed by atoms with Gasteiger partial charge in [0.15, 0.2) is 5.65 Å². The fourth-order valence-corrected chi connectivity index (χ4v) is 2.09. The van der Waals surface area contributed by atoms with E-state index in [2.05, 4.69) is 15.1 Å². The first-order chi connectivity index (χ1) is 9.13. The topological polar surface area (TPSA) is 66.0 Å². The number of hydrogen-bond acceptors (Lipinski definition) is 3. The second-order valence-corrected chi connectivity index (χ2v) is 4.49. The van der Waals surface area contributed by atoms with E-state index in [1.54, 1.807) is 18.3 Å².